The van der Waals surface area contributed by atoms with E-state index >= 15 is 0 Å². The average molecular weight is 456 g/mol. The summed E-state index contributed by atoms with van der Waals surface area (Å²) in [5.74, 6) is -0.574. The molecule has 1 aromatic carbocycles. The van der Waals surface area contributed by atoms with Crippen LogP contribution in [0.3, 0.4) is 0 Å². The molecule has 0 saturated heterocycles. The van der Waals surface area contributed by atoms with Crippen molar-refractivity contribution in [3.63, 3.8) is 0 Å². The van der Waals surface area contributed by atoms with Gasteiger partial charge >= 0.3 is 5.97 Å². The van der Waals surface area contributed by atoms with Gasteiger partial charge in [0.15, 0.2) is 0 Å². The Bertz CT molecular complexity index is 1200. The Labute approximate surface area is 191 Å². The van der Waals surface area contributed by atoms with E-state index in [0.717, 1.165) is 16.9 Å². The molecule has 2 aromatic heterocycles. The van der Waals surface area contributed by atoms with Crippen LogP contribution in [0.25, 0.3) is 10.2 Å². The maximum absolute atomic E-state index is 13.0. The molecule has 8 heteroatoms. The molecule has 0 saturated carbocycles. The van der Waals surface area contributed by atoms with Crippen LogP contribution in [0, 0.1) is 12.8 Å². The van der Waals surface area contributed by atoms with Crippen LogP contribution < -0.4 is 10.9 Å². The van der Waals surface area contributed by atoms with Crippen LogP contribution in [0.1, 0.15) is 55.4 Å². The topological polar surface area (TPSA) is 90.3 Å². The van der Waals surface area contributed by atoms with Crippen LogP contribution in [-0.2, 0) is 21.5 Å². The minimum atomic E-state index is -0.457. The van der Waals surface area contributed by atoms with Crippen molar-refractivity contribution >= 4 is 39.1 Å². The van der Waals surface area contributed by atoms with E-state index in [-0.39, 0.29) is 29.3 Å². The van der Waals surface area contributed by atoms with Crippen LogP contribution in [0.4, 0.5) is 5.69 Å². The van der Waals surface area contributed by atoms with Gasteiger partial charge in [0, 0.05) is 5.69 Å². The van der Waals surface area contributed by atoms with Crippen molar-refractivity contribution in [1.29, 1.82) is 0 Å². The predicted molar refractivity (Wildman–Crippen MR) is 128 cm³/mol. The zero-order valence-electron chi connectivity index (χ0n) is 19.3. The SMILES string of the molecule is Cc1c(C(=O)OCC(C)C)sc2ncn(CC(=O)Nc3ccc(C(C)(C)C)cc3)c(=O)c12. The lowest BCUT2D eigenvalue weighted by molar-refractivity contribution is -0.116. The van der Waals surface area contributed by atoms with Gasteiger partial charge in [0.2, 0.25) is 5.91 Å². The maximum atomic E-state index is 13.0. The second-order valence-electron chi connectivity index (χ2n) is 9.28. The minimum Gasteiger partial charge on any atom is -0.461 e. The zero-order chi connectivity index (χ0) is 23.6. The van der Waals surface area contributed by atoms with Crippen LogP contribution >= 0.6 is 11.3 Å². The number of ether oxygens (including phenoxy) is 1. The third-order valence-electron chi connectivity index (χ3n) is 5.00. The van der Waals surface area contributed by atoms with Crippen LogP contribution in [-0.4, -0.2) is 28.0 Å². The van der Waals surface area contributed by atoms with E-state index < -0.39 is 5.97 Å². The molecule has 1 N–H and O–H groups in total. The Morgan fingerprint density at radius 3 is 2.44 bits per heavy atom. The zero-order valence-corrected chi connectivity index (χ0v) is 20.1. The first-order valence-corrected chi connectivity index (χ1v) is 11.3. The molecule has 0 fully saturated rings. The van der Waals surface area contributed by atoms with Gasteiger partial charge in [0.25, 0.3) is 5.56 Å². The highest BCUT2D eigenvalue weighted by atomic mass is 32.1. The Morgan fingerprint density at radius 2 is 1.84 bits per heavy atom. The standard InChI is InChI=1S/C24H29N3O4S/c1-14(2)12-31-23(30)20-15(3)19-21(32-20)25-13-27(22(19)29)11-18(28)26-17-9-7-16(8-10-17)24(4,5)6/h7-10,13-14H,11-12H2,1-6H3,(H,26,28). The fourth-order valence-corrected chi connectivity index (χ4v) is 4.22. The van der Waals surface area contributed by atoms with Crippen LogP contribution in [0.15, 0.2) is 35.4 Å². The van der Waals surface area contributed by atoms with Gasteiger partial charge in [-0.1, -0.05) is 46.8 Å². The maximum Gasteiger partial charge on any atom is 0.348 e. The number of hydrogen-bond donors (Lipinski definition) is 1. The number of aromatic nitrogens is 2. The molecule has 0 unspecified atom stereocenters. The molecule has 1 amide bonds. The summed E-state index contributed by atoms with van der Waals surface area (Å²) in [6.45, 7) is 12.1. The van der Waals surface area contributed by atoms with Gasteiger partial charge < -0.3 is 10.1 Å². The van der Waals surface area contributed by atoms with Crippen molar-refractivity contribution < 1.29 is 14.3 Å². The summed E-state index contributed by atoms with van der Waals surface area (Å²) in [5, 5.41) is 3.16. The van der Waals surface area contributed by atoms with Crippen molar-refractivity contribution in [2.24, 2.45) is 5.92 Å². The Balaban J connectivity index is 1.78. The number of thiophene rings is 1. The number of fused-ring (bicyclic) bond motifs is 1. The molecule has 3 rings (SSSR count). The van der Waals surface area contributed by atoms with Crippen molar-refractivity contribution in [2.75, 3.05) is 11.9 Å². The van der Waals surface area contributed by atoms with E-state index in [1.54, 1.807) is 6.92 Å². The largest absolute Gasteiger partial charge is 0.461 e. The Kier molecular flexibility index (Phi) is 6.83. The molecule has 170 valence electrons. The second kappa shape index (κ2) is 9.24. The predicted octanol–water partition coefficient (Wildman–Crippen LogP) is 4.52. The lowest BCUT2D eigenvalue weighted by atomic mass is 9.87. The van der Waals surface area contributed by atoms with Gasteiger partial charge in [0.05, 0.1) is 18.3 Å². The Hall–Kier alpha value is -3.00. The molecular formula is C24H29N3O4S. The molecule has 0 aliphatic carbocycles. The third kappa shape index (κ3) is 5.24. The summed E-state index contributed by atoms with van der Waals surface area (Å²) in [6.07, 6.45) is 1.34. The van der Waals surface area contributed by atoms with E-state index in [1.807, 2.05) is 38.1 Å². The number of hydrogen-bond acceptors (Lipinski definition) is 6. The molecule has 0 aliphatic rings. The lowest BCUT2D eigenvalue weighted by Gasteiger charge is -2.19. The highest BCUT2D eigenvalue weighted by Crippen LogP contribution is 2.27. The van der Waals surface area contributed by atoms with Gasteiger partial charge in [-0.15, -0.1) is 11.3 Å². The highest BCUT2D eigenvalue weighted by Gasteiger charge is 2.21. The third-order valence-corrected chi connectivity index (χ3v) is 6.18. The van der Waals surface area contributed by atoms with Crippen molar-refractivity contribution in [3.05, 3.63) is 57.0 Å². The van der Waals surface area contributed by atoms with Crippen LogP contribution in [0.2, 0.25) is 0 Å². The molecule has 2 heterocycles. The summed E-state index contributed by atoms with van der Waals surface area (Å²) in [6, 6.07) is 7.65. The van der Waals surface area contributed by atoms with Crippen molar-refractivity contribution in [3.8, 4) is 0 Å². The monoisotopic (exact) mass is 455 g/mol. The van der Waals surface area contributed by atoms with Crippen molar-refractivity contribution in [1.82, 2.24) is 9.55 Å². The van der Waals surface area contributed by atoms with Gasteiger partial charge in [-0.3, -0.25) is 14.2 Å². The number of benzene rings is 1. The number of amides is 1. The Morgan fingerprint density at radius 1 is 1.19 bits per heavy atom. The first kappa shape index (κ1) is 23.7. The van der Waals surface area contributed by atoms with Crippen molar-refractivity contribution in [2.45, 2.75) is 53.5 Å². The molecule has 0 atom stereocenters. The lowest BCUT2D eigenvalue weighted by Crippen LogP contribution is -2.28. The highest BCUT2D eigenvalue weighted by molar-refractivity contribution is 7.20. The van der Waals surface area contributed by atoms with E-state index in [2.05, 4.69) is 31.1 Å². The number of anilines is 1. The van der Waals surface area contributed by atoms with E-state index in [1.165, 1.54) is 10.9 Å². The molecule has 0 spiro atoms. The first-order valence-electron chi connectivity index (χ1n) is 10.5. The normalized spacial score (nSPS) is 11.7. The van der Waals surface area contributed by atoms with Gasteiger partial charge in [0.1, 0.15) is 16.3 Å². The van der Waals surface area contributed by atoms with E-state index in [4.69, 9.17) is 4.74 Å². The summed E-state index contributed by atoms with van der Waals surface area (Å²) in [5.41, 5.74) is 2.02. The summed E-state index contributed by atoms with van der Waals surface area (Å²) in [7, 11) is 0. The van der Waals surface area contributed by atoms with Gasteiger partial charge in [-0.25, -0.2) is 9.78 Å². The van der Waals surface area contributed by atoms with Gasteiger partial charge in [-0.05, 0) is 41.5 Å². The van der Waals surface area contributed by atoms with E-state index in [9.17, 15) is 14.4 Å². The quantitative estimate of drug-likeness (QED) is 0.552. The summed E-state index contributed by atoms with van der Waals surface area (Å²) < 4.78 is 6.56. The fourth-order valence-electron chi connectivity index (χ4n) is 3.18. The number of nitrogens with zero attached hydrogens (tertiary/aromatic N) is 2. The average Bonchev–Trinajstić information content (AvgIpc) is 3.05. The number of esters is 1. The fraction of sp³-hybridized carbons (Fsp3) is 0.417. The van der Waals surface area contributed by atoms with Crippen LogP contribution in [0.5, 0.6) is 0 Å². The number of rotatable bonds is 6. The molecule has 0 radical (unpaired) electrons. The molecule has 7 nitrogen and oxygen atoms in total. The number of aryl methyl sites for hydroxylation is 1. The first-order chi connectivity index (χ1) is 15.0. The number of carbonyl (C=O) groups is 2. The molecule has 3 aromatic rings. The minimum absolute atomic E-state index is 0.0232. The molecular weight excluding hydrogens is 426 g/mol. The van der Waals surface area contributed by atoms with Gasteiger partial charge in [-0.2, -0.15) is 0 Å². The summed E-state index contributed by atoms with van der Waals surface area (Å²) >= 11 is 1.13. The molecule has 32 heavy (non-hydrogen) atoms. The smallest absolute Gasteiger partial charge is 0.348 e. The second-order valence-corrected chi connectivity index (χ2v) is 10.3. The summed E-state index contributed by atoms with van der Waals surface area (Å²) in [4.78, 5) is 43.0. The molecule has 0 aliphatic heterocycles. The van der Waals surface area contributed by atoms with E-state index in [0.29, 0.717) is 33.0 Å². The number of nitrogens with one attached hydrogen (secondary N) is 1. The molecule has 0 bridgehead atoms. The number of carbonyl (C=O) groups excluding carboxylic acids is 2.